The number of rotatable bonds is 57. The van der Waals surface area contributed by atoms with Gasteiger partial charge in [-0.05, 0) is 80.1 Å². The fraction of sp³-hybridized carbons (Fsp3) is 0.966. The first-order chi connectivity index (χ1) is 39.8. The quantitative estimate of drug-likeness (QED) is 0.0418. The average Bonchev–Trinajstić information content (AvgIpc) is 3.46. The minimum atomic E-state index is -0.962. The summed E-state index contributed by atoms with van der Waals surface area (Å²) in [6.07, 6.45) is -7.12. The molecule has 25 heteroatoms. The predicted molar refractivity (Wildman–Crippen MR) is 310 cm³/mol. The topological polar surface area (TPSA) is 323 Å². The lowest BCUT2D eigenvalue weighted by molar-refractivity contribution is -0.135. The third kappa shape index (κ3) is 42.6. The van der Waals surface area contributed by atoms with Gasteiger partial charge in [-0.25, -0.2) is 9.59 Å². The van der Waals surface area contributed by atoms with E-state index in [0.717, 1.165) is 6.42 Å². The number of ether oxygens (including phenoxy) is 16. The molecule has 0 spiro atoms. The number of aliphatic hydroxyl groups is 7. The van der Waals surface area contributed by atoms with Gasteiger partial charge >= 0.3 is 12.3 Å². The van der Waals surface area contributed by atoms with Crippen LogP contribution in [-0.4, -0.2) is 274 Å². The van der Waals surface area contributed by atoms with Crippen molar-refractivity contribution in [3.8, 4) is 0 Å². The Morgan fingerprint density at radius 1 is 0.274 bits per heavy atom. The van der Waals surface area contributed by atoms with Gasteiger partial charge in [-0.15, -0.1) is 0 Å². The summed E-state index contributed by atoms with van der Waals surface area (Å²) in [5.41, 5.74) is -2.77. The lowest BCUT2D eigenvalue weighted by atomic mass is 9.92. The van der Waals surface area contributed by atoms with Gasteiger partial charge < -0.3 is 112 Å². The van der Waals surface area contributed by atoms with Gasteiger partial charge in [0.15, 0.2) is 0 Å². The molecule has 0 aliphatic rings. The number of aliphatic hydroxyl groups excluding tert-OH is 7. The van der Waals surface area contributed by atoms with Crippen molar-refractivity contribution in [2.75, 3.05) is 159 Å². The molecule has 25 nitrogen and oxygen atoms in total. The molecule has 13 unspecified atom stereocenters. The Hall–Kier alpha value is -2.22. The van der Waals surface area contributed by atoms with E-state index in [1.807, 2.05) is 27.7 Å². The Balaban J connectivity index is 5.83. The first-order valence-electron chi connectivity index (χ1n) is 30.2. The maximum atomic E-state index is 13.0. The van der Waals surface area contributed by atoms with Crippen LogP contribution in [0.25, 0.3) is 0 Å². The molecule has 0 radical (unpaired) electrons. The molecule has 502 valence electrons. The molecular formula is C59H116O25. The van der Waals surface area contributed by atoms with Crippen molar-refractivity contribution >= 4 is 12.3 Å². The molecule has 84 heavy (non-hydrogen) atoms. The van der Waals surface area contributed by atoms with Crippen LogP contribution in [0, 0.1) is 22.2 Å². The molecule has 0 bridgehead atoms. The van der Waals surface area contributed by atoms with E-state index in [4.69, 9.17) is 75.8 Å². The van der Waals surface area contributed by atoms with Crippen molar-refractivity contribution in [1.82, 2.24) is 0 Å². The third-order valence-electron chi connectivity index (χ3n) is 12.8. The van der Waals surface area contributed by atoms with E-state index in [-0.39, 0.29) is 158 Å². The molecule has 0 fully saturated rings. The second-order valence-electron chi connectivity index (χ2n) is 23.2. The number of hydrogen-bond donors (Lipinski definition) is 7. The maximum Gasteiger partial charge on any atom is 0.508 e. The molecule has 7 N–H and O–H groups in total. The van der Waals surface area contributed by atoms with Crippen LogP contribution >= 0.6 is 0 Å². The van der Waals surface area contributed by atoms with E-state index in [1.54, 1.807) is 48.5 Å². The van der Waals surface area contributed by atoms with Gasteiger partial charge in [-0.2, -0.15) is 0 Å². The van der Waals surface area contributed by atoms with E-state index in [1.165, 1.54) is 0 Å². The highest BCUT2D eigenvalue weighted by atomic mass is 16.7. The second kappa shape index (κ2) is 48.7. The molecular weight excluding hydrogens is 1110 g/mol. The van der Waals surface area contributed by atoms with Crippen LogP contribution < -0.4 is 0 Å². The molecule has 0 heterocycles. The Bertz CT molecular complexity index is 1510. The zero-order valence-corrected chi connectivity index (χ0v) is 53.4. The summed E-state index contributed by atoms with van der Waals surface area (Å²) in [4.78, 5) is 26.1. The highest BCUT2D eigenvalue weighted by Crippen LogP contribution is 2.25. The van der Waals surface area contributed by atoms with Crippen molar-refractivity contribution in [2.24, 2.45) is 22.2 Å². The van der Waals surface area contributed by atoms with Gasteiger partial charge in [-0.1, -0.05) is 48.0 Å². The zero-order chi connectivity index (χ0) is 63.4. The van der Waals surface area contributed by atoms with Crippen LogP contribution in [0.15, 0.2) is 0 Å². The first-order valence-corrected chi connectivity index (χ1v) is 30.2. The molecule has 0 saturated heterocycles. The Kier molecular flexibility index (Phi) is 47.4. The Morgan fingerprint density at radius 2 is 0.452 bits per heavy atom. The normalized spacial score (nSPS) is 18.6. The summed E-state index contributed by atoms with van der Waals surface area (Å²) in [5.74, 6) is 0.246. The molecule has 0 aromatic carbocycles. The second-order valence-corrected chi connectivity index (χ2v) is 23.2. The van der Waals surface area contributed by atoms with E-state index in [9.17, 15) is 45.3 Å². The van der Waals surface area contributed by atoms with Crippen LogP contribution in [0.5, 0.6) is 0 Å². The third-order valence-corrected chi connectivity index (χ3v) is 12.8. The average molecular weight is 1230 g/mol. The maximum absolute atomic E-state index is 13.0. The molecule has 0 saturated carbocycles. The van der Waals surface area contributed by atoms with Gasteiger partial charge in [0.1, 0.15) is 24.4 Å². The molecule has 0 aromatic heterocycles. The fourth-order valence-electron chi connectivity index (χ4n) is 7.41. The highest BCUT2D eigenvalue weighted by molar-refractivity contribution is 5.60. The van der Waals surface area contributed by atoms with E-state index in [0.29, 0.717) is 32.3 Å². The minimum absolute atomic E-state index is 0.00751. The van der Waals surface area contributed by atoms with E-state index >= 15 is 0 Å². The molecule has 0 aromatic rings. The summed E-state index contributed by atoms with van der Waals surface area (Å²) in [7, 11) is 0. The standard InChI is InChI=1S/C59H116O25/c1-14-43(6)19-69-31-57(32-70-20-44(7)60,35-73-23-47(10)81-55(67)83-49(12)25-75-37-58(33-71-21-45(8)61,34-72-22-46(9)62)39-77-27-51(63)15-2)36-74-24-48(11)82-56(68)84-50(13)26-76-38-59(40-78-28-52(64)16-3,41-79-29-53(65)17-4)42-80-30-54(66)18-5/h43-54,60-66H,14-42H2,1-13H3. The van der Waals surface area contributed by atoms with Crippen molar-refractivity contribution in [3.63, 3.8) is 0 Å². The van der Waals surface area contributed by atoms with Crippen LogP contribution in [0.2, 0.25) is 0 Å². The largest absolute Gasteiger partial charge is 0.508 e. The predicted octanol–water partition coefficient (Wildman–Crippen LogP) is 4.28. The smallest absolute Gasteiger partial charge is 0.429 e. The number of carbonyl (C=O) groups is 2. The summed E-state index contributed by atoms with van der Waals surface area (Å²) in [6.45, 7) is 24.0. The summed E-state index contributed by atoms with van der Waals surface area (Å²) < 4.78 is 93.8. The SMILES string of the molecule is CCC(C)COCC(COCC(C)O)(COCC(C)OC(=O)OC(C)COCC(COCC(C)O)(COCC(C)O)COCC(O)CC)COCC(C)OC(=O)OC(C)COCC(COCC(O)CC)(COCC(O)CC)COCC(O)CC. The van der Waals surface area contributed by atoms with Crippen molar-refractivity contribution in [3.05, 3.63) is 0 Å². The number of hydrogen-bond acceptors (Lipinski definition) is 25. The van der Waals surface area contributed by atoms with Crippen LogP contribution in [0.1, 0.15) is 122 Å². The minimum Gasteiger partial charge on any atom is -0.429 e. The summed E-state index contributed by atoms with van der Waals surface area (Å²) >= 11 is 0. The van der Waals surface area contributed by atoms with Crippen molar-refractivity contribution < 1.29 is 121 Å². The van der Waals surface area contributed by atoms with Gasteiger partial charge in [0.2, 0.25) is 0 Å². The van der Waals surface area contributed by atoms with Gasteiger partial charge in [0, 0.05) is 6.61 Å². The van der Waals surface area contributed by atoms with Crippen molar-refractivity contribution in [1.29, 1.82) is 0 Å². The Labute approximate surface area is 502 Å². The lowest BCUT2D eigenvalue weighted by Gasteiger charge is -2.34. The van der Waals surface area contributed by atoms with E-state index in [2.05, 4.69) is 13.8 Å². The molecule has 13 atom stereocenters. The monoisotopic (exact) mass is 1220 g/mol. The first kappa shape index (κ1) is 81.8. The molecule has 0 amide bonds. The van der Waals surface area contributed by atoms with Gasteiger partial charge in [0.25, 0.3) is 0 Å². The van der Waals surface area contributed by atoms with Gasteiger partial charge in [-0.3, -0.25) is 0 Å². The molecule has 0 aliphatic heterocycles. The Morgan fingerprint density at radius 3 is 0.631 bits per heavy atom. The fourth-order valence-corrected chi connectivity index (χ4v) is 7.41. The van der Waals surface area contributed by atoms with Crippen LogP contribution in [0.4, 0.5) is 9.59 Å². The zero-order valence-electron chi connectivity index (χ0n) is 53.4. The summed E-state index contributed by atoms with van der Waals surface area (Å²) in [5, 5.41) is 70.4. The highest BCUT2D eigenvalue weighted by Gasteiger charge is 2.37. The number of carbonyl (C=O) groups excluding carboxylic acids is 2. The molecule has 0 aliphatic carbocycles. The molecule has 0 rings (SSSR count). The van der Waals surface area contributed by atoms with Crippen molar-refractivity contribution in [2.45, 2.75) is 189 Å². The lowest BCUT2D eigenvalue weighted by Crippen LogP contribution is -2.44. The van der Waals surface area contributed by atoms with Crippen LogP contribution in [0.3, 0.4) is 0 Å². The summed E-state index contributed by atoms with van der Waals surface area (Å²) in [6, 6.07) is 0. The van der Waals surface area contributed by atoms with Gasteiger partial charge in [0.05, 0.1) is 211 Å². The van der Waals surface area contributed by atoms with Crippen LogP contribution in [-0.2, 0) is 75.8 Å². The van der Waals surface area contributed by atoms with E-state index < -0.39 is 95.7 Å².